The number of rotatable bonds is 13. The number of likely N-dealkylation sites (tertiary alicyclic amines) is 2. The Hall–Kier alpha value is -5.84. The normalized spacial score (nSPS) is 19.1. The lowest BCUT2D eigenvalue weighted by atomic mass is 9.97. The van der Waals surface area contributed by atoms with Crippen molar-refractivity contribution in [2.45, 2.75) is 62.9 Å². The van der Waals surface area contributed by atoms with Crippen LogP contribution in [0.3, 0.4) is 0 Å². The van der Waals surface area contributed by atoms with Gasteiger partial charge in [0.1, 0.15) is 30.3 Å². The second-order valence-electron chi connectivity index (χ2n) is 16.1. The minimum Gasteiger partial charge on any atom is -0.489 e. The van der Waals surface area contributed by atoms with Crippen molar-refractivity contribution in [1.82, 2.24) is 29.6 Å². The number of aromatic nitrogens is 2. The number of nitrogens with zero attached hydrogens (tertiary/aromatic N) is 6. The number of likely N-dealkylation sites (N-methyl/N-ethyl adjacent to an activating group) is 2. The van der Waals surface area contributed by atoms with Crippen molar-refractivity contribution in [3.8, 4) is 17.0 Å². The molecule has 5 aromatic rings. The third kappa shape index (κ3) is 8.26. The summed E-state index contributed by atoms with van der Waals surface area (Å²) in [5.74, 6) is 1.85. The molecule has 4 aromatic carbocycles. The number of aromatic amines is 1. The molecule has 2 fully saturated rings. The van der Waals surface area contributed by atoms with Gasteiger partial charge in [0, 0.05) is 31.4 Å². The van der Waals surface area contributed by atoms with Gasteiger partial charge in [-0.25, -0.2) is 4.98 Å². The average molecular weight is 776 g/mol. The molecule has 0 unspecified atom stereocenters. The third-order valence-corrected chi connectivity index (χ3v) is 11.8. The predicted octanol–water partition coefficient (Wildman–Crippen LogP) is 8.10. The minimum atomic E-state index is -0.343. The van der Waals surface area contributed by atoms with Gasteiger partial charge in [0.25, 0.3) is 0 Å². The lowest BCUT2D eigenvalue weighted by Gasteiger charge is -2.32. The van der Waals surface area contributed by atoms with E-state index >= 15 is 0 Å². The summed E-state index contributed by atoms with van der Waals surface area (Å²) in [5.41, 5.74) is 8.38. The van der Waals surface area contributed by atoms with Gasteiger partial charge in [-0.15, -0.1) is 0 Å². The van der Waals surface area contributed by atoms with Gasteiger partial charge in [0.2, 0.25) is 11.8 Å². The molecule has 1 aromatic heterocycles. The molecule has 0 spiro atoms. The van der Waals surface area contributed by atoms with E-state index in [0.29, 0.717) is 6.61 Å². The number of ether oxygens (including phenoxy) is 1. The Bertz CT molecular complexity index is 2250. The highest BCUT2D eigenvalue weighted by molar-refractivity contribution is 6.03. The molecule has 10 nitrogen and oxygen atoms in total. The second-order valence-corrected chi connectivity index (χ2v) is 16.1. The highest BCUT2D eigenvalue weighted by Crippen LogP contribution is 2.36. The van der Waals surface area contributed by atoms with Crippen molar-refractivity contribution in [1.29, 1.82) is 0 Å². The van der Waals surface area contributed by atoms with Gasteiger partial charge in [-0.2, -0.15) is 0 Å². The monoisotopic (exact) mass is 775 g/mol. The zero-order chi connectivity index (χ0) is 40.2. The van der Waals surface area contributed by atoms with Gasteiger partial charge in [-0.3, -0.25) is 24.4 Å². The number of amides is 2. The number of carbonyl (C=O) groups is 2. The highest BCUT2D eigenvalue weighted by Gasteiger charge is 2.39. The first-order valence-electron chi connectivity index (χ1n) is 20.4. The maximum absolute atomic E-state index is 13.9. The van der Waals surface area contributed by atoms with E-state index in [2.05, 4.69) is 29.2 Å². The average Bonchev–Trinajstić information content (AvgIpc) is 4.08. The van der Waals surface area contributed by atoms with Gasteiger partial charge in [-0.05, 0) is 112 Å². The Balaban J connectivity index is 0.845. The van der Waals surface area contributed by atoms with E-state index in [0.717, 1.165) is 96.0 Å². The molecule has 3 aliphatic heterocycles. The molecule has 298 valence electrons. The molecule has 4 atom stereocenters. The molecule has 58 heavy (non-hydrogen) atoms. The van der Waals surface area contributed by atoms with Crippen LogP contribution in [0.4, 0.5) is 0 Å². The van der Waals surface area contributed by atoms with Gasteiger partial charge < -0.3 is 19.5 Å². The lowest BCUT2D eigenvalue weighted by Crippen LogP contribution is -2.45. The van der Waals surface area contributed by atoms with Crippen LogP contribution < -0.4 is 4.74 Å². The molecule has 2 amide bonds. The van der Waals surface area contributed by atoms with Crippen molar-refractivity contribution < 1.29 is 14.3 Å². The number of benzene rings is 4. The van der Waals surface area contributed by atoms with Crippen LogP contribution in [0, 0.1) is 0 Å². The van der Waals surface area contributed by atoms with Crippen LogP contribution in [0.15, 0.2) is 127 Å². The molecule has 0 aliphatic carbocycles. The maximum atomic E-state index is 13.9. The van der Waals surface area contributed by atoms with Gasteiger partial charge in [-0.1, -0.05) is 84.9 Å². The number of hydrogen-bond acceptors (Lipinski definition) is 7. The number of imidazole rings is 1. The van der Waals surface area contributed by atoms with Crippen molar-refractivity contribution in [3.05, 3.63) is 150 Å². The Kier molecular flexibility index (Phi) is 11.7. The molecule has 0 radical (unpaired) electrons. The van der Waals surface area contributed by atoms with Crippen LogP contribution in [-0.2, 0) is 16.2 Å². The molecule has 0 bridgehead atoms. The third-order valence-electron chi connectivity index (χ3n) is 11.8. The minimum absolute atomic E-state index is 0.0245. The Morgan fingerprint density at radius 3 is 1.86 bits per heavy atom. The lowest BCUT2D eigenvalue weighted by molar-refractivity contribution is -0.137. The van der Waals surface area contributed by atoms with Crippen LogP contribution in [-0.4, -0.2) is 94.4 Å². The van der Waals surface area contributed by atoms with Crippen LogP contribution in [0.25, 0.3) is 16.8 Å². The Labute approximate surface area is 341 Å². The van der Waals surface area contributed by atoms with E-state index in [9.17, 15) is 9.59 Å². The van der Waals surface area contributed by atoms with Crippen LogP contribution in [0.2, 0.25) is 0 Å². The van der Waals surface area contributed by atoms with Gasteiger partial charge in [0.05, 0.1) is 24.0 Å². The largest absolute Gasteiger partial charge is 0.489 e. The molecule has 3 aliphatic rings. The summed E-state index contributed by atoms with van der Waals surface area (Å²) in [6.07, 6.45) is 8.32. The predicted molar refractivity (Wildman–Crippen MR) is 229 cm³/mol. The van der Waals surface area contributed by atoms with Crippen molar-refractivity contribution in [2.24, 2.45) is 4.99 Å². The van der Waals surface area contributed by atoms with Crippen molar-refractivity contribution in [2.75, 3.05) is 41.3 Å². The fraction of sp³-hybridized carbons (Fsp3) is 0.333. The molecule has 4 heterocycles. The summed E-state index contributed by atoms with van der Waals surface area (Å²) in [7, 11) is 7.86. The Morgan fingerprint density at radius 1 is 0.724 bits per heavy atom. The molecule has 2 saturated heterocycles. The highest BCUT2D eigenvalue weighted by atomic mass is 16.5. The van der Waals surface area contributed by atoms with Crippen molar-refractivity contribution >= 4 is 23.1 Å². The van der Waals surface area contributed by atoms with Crippen molar-refractivity contribution in [3.63, 3.8) is 0 Å². The molecule has 0 saturated carbocycles. The standard InChI is InChI=1S/C48H53N7O3/c1-52(2)44(36-13-7-5-8-14-36)47(56)54-27-11-17-42(54)40-29-38(30-49-40)34-21-19-33(20-22-34)32-58-39-25-23-35(24-26-39)41-31-50-46(51-41)43-18-12-28-55(43)48(57)45(53(3)4)37-15-9-6-10-16-37/h5-10,13-16,19-26,30-31,42-45H,11-12,17-18,27-29,32H2,1-4H3,(H,50,51)/t42-,43-,44+,45+/m0/s1. The maximum Gasteiger partial charge on any atom is 0.245 e. The van der Waals surface area contributed by atoms with Crippen LogP contribution in [0.1, 0.15) is 78.3 Å². The van der Waals surface area contributed by atoms with E-state index in [1.807, 2.05) is 145 Å². The molecular weight excluding hydrogens is 723 g/mol. The first kappa shape index (κ1) is 39.0. The first-order chi connectivity index (χ1) is 28.2. The second kappa shape index (κ2) is 17.3. The van der Waals surface area contributed by atoms with Gasteiger partial charge in [0.15, 0.2) is 0 Å². The fourth-order valence-electron chi connectivity index (χ4n) is 8.79. The zero-order valence-electron chi connectivity index (χ0n) is 33.9. The van der Waals surface area contributed by atoms with E-state index in [1.165, 1.54) is 5.57 Å². The summed E-state index contributed by atoms with van der Waals surface area (Å²) >= 11 is 0. The summed E-state index contributed by atoms with van der Waals surface area (Å²) < 4.78 is 6.19. The number of allylic oxidation sites excluding steroid dienone is 1. The van der Waals surface area contributed by atoms with E-state index in [4.69, 9.17) is 14.7 Å². The SMILES string of the molecule is CN(C)[C@@H](C(=O)N1CCC[C@H]1C1=NC=C(c2ccc(COc3ccc(-c4cnc([C@@H]5CCCN5C(=O)[C@@H](c5ccccc5)N(C)C)[nH]4)cc3)cc2)C1)c1ccccc1. The van der Waals surface area contributed by atoms with E-state index in [1.54, 1.807) is 0 Å². The Morgan fingerprint density at radius 2 is 1.28 bits per heavy atom. The topological polar surface area (TPSA) is 97.4 Å². The molecular formula is C48H53N7O3. The first-order valence-corrected chi connectivity index (χ1v) is 20.4. The summed E-state index contributed by atoms with van der Waals surface area (Å²) in [5, 5.41) is 0. The van der Waals surface area contributed by atoms with Crippen LogP contribution >= 0.6 is 0 Å². The fourth-order valence-corrected chi connectivity index (χ4v) is 8.79. The number of hydrogen-bond donors (Lipinski definition) is 1. The molecule has 8 rings (SSSR count). The quantitative estimate of drug-likeness (QED) is 0.130. The van der Waals surface area contributed by atoms with E-state index < -0.39 is 0 Å². The summed E-state index contributed by atoms with van der Waals surface area (Å²) in [6, 6.07) is 35.8. The van der Waals surface area contributed by atoms with Crippen LogP contribution in [0.5, 0.6) is 5.75 Å². The van der Waals surface area contributed by atoms with E-state index in [-0.39, 0.29) is 36.0 Å². The summed E-state index contributed by atoms with van der Waals surface area (Å²) in [6.45, 7) is 1.92. The summed E-state index contributed by atoms with van der Waals surface area (Å²) in [4.78, 5) is 49.0. The number of H-pyrrole nitrogens is 1. The van der Waals surface area contributed by atoms with Gasteiger partial charge >= 0.3 is 0 Å². The zero-order valence-corrected chi connectivity index (χ0v) is 33.9. The number of carbonyl (C=O) groups excluding carboxylic acids is 2. The molecule has 1 N–H and O–H groups in total. The molecule has 10 heteroatoms. The number of aliphatic imine (C=N–C) groups is 1. The number of nitrogens with one attached hydrogen (secondary N) is 1. The smallest absolute Gasteiger partial charge is 0.245 e.